The van der Waals surface area contributed by atoms with E-state index in [4.69, 9.17) is 9.47 Å². The lowest BCUT2D eigenvalue weighted by molar-refractivity contribution is -0.175. The second kappa shape index (κ2) is 6.44. The van der Waals surface area contributed by atoms with Crippen molar-refractivity contribution >= 4 is 15.9 Å². The fraction of sp³-hybridized carbons (Fsp3) is 0.500. The van der Waals surface area contributed by atoms with Crippen LogP contribution in [-0.2, 0) is 16.0 Å². The van der Waals surface area contributed by atoms with E-state index in [0.717, 1.165) is 25.2 Å². The lowest BCUT2D eigenvalue weighted by atomic mass is 10.2. The van der Waals surface area contributed by atoms with Crippen LogP contribution in [0.3, 0.4) is 0 Å². The topological polar surface area (TPSA) is 30.5 Å². The maximum absolute atomic E-state index is 13.2. The van der Waals surface area contributed by atoms with Crippen LogP contribution in [0.2, 0.25) is 0 Å². The van der Waals surface area contributed by atoms with Crippen LogP contribution in [-0.4, -0.2) is 26.0 Å². The Morgan fingerprint density at radius 2 is 2.12 bits per heavy atom. The lowest BCUT2D eigenvalue weighted by Crippen LogP contribution is -2.34. The van der Waals surface area contributed by atoms with Gasteiger partial charge in [0.2, 0.25) is 0 Å². The zero-order valence-electron chi connectivity index (χ0n) is 9.42. The van der Waals surface area contributed by atoms with Gasteiger partial charge < -0.3 is 14.8 Å². The van der Waals surface area contributed by atoms with Crippen LogP contribution >= 0.6 is 15.9 Å². The average molecular weight is 304 g/mol. The van der Waals surface area contributed by atoms with Gasteiger partial charge in [-0.15, -0.1) is 0 Å². The van der Waals surface area contributed by atoms with Crippen LogP contribution in [0.4, 0.5) is 4.39 Å². The molecule has 0 bridgehead atoms. The first-order valence-electron chi connectivity index (χ1n) is 5.63. The molecule has 1 N–H and O–H groups in total. The molecule has 2 rings (SSSR count). The molecule has 0 aromatic heterocycles. The van der Waals surface area contributed by atoms with Gasteiger partial charge in [0.05, 0.1) is 17.7 Å². The summed E-state index contributed by atoms with van der Waals surface area (Å²) in [5.41, 5.74) is 0.904. The number of ether oxygens (including phenoxy) is 2. The fourth-order valence-electron chi connectivity index (χ4n) is 1.64. The van der Waals surface area contributed by atoms with Crippen LogP contribution in [0, 0.1) is 5.82 Å². The van der Waals surface area contributed by atoms with Crippen molar-refractivity contribution in [2.24, 2.45) is 0 Å². The highest BCUT2D eigenvalue weighted by atomic mass is 79.9. The van der Waals surface area contributed by atoms with Crippen LogP contribution in [0.5, 0.6) is 0 Å². The van der Waals surface area contributed by atoms with E-state index in [1.165, 1.54) is 6.07 Å². The molecule has 1 fully saturated rings. The van der Waals surface area contributed by atoms with E-state index in [2.05, 4.69) is 21.2 Å². The molecule has 0 amide bonds. The van der Waals surface area contributed by atoms with E-state index in [0.29, 0.717) is 17.6 Å². The van der Waals surface area contributed by atoms with Crippen molar-refractivity contribution in [3.63, 3.8) is 0 Å². The number of nitrogens with one attached hydrogen (secondary N) is 1. The van der Waals surface area contributed by atoms with Gasteiger partial charge in [0.15, 0.2) is 6.29 Å². The second-order valence-electron chi connectivity index (χ2n) is 3.90. The maximum atomic E-state index is 13.2. The smallest absolute Gasteiger partial charge is 0.169 e. The average Bonchev–Trinajstić information content (AvgIpc) is 2.35. The number of halogens is 2. The van der Waals surface area contributed by atoms with E-state index >= 15 is 0 Å². The Kier molecular flexibility index (Phi) is 4.91. The molecule has 1 aliphatic rings. The number of hydrogen-bond acceptors (Lipinski definition) is 3. The zero-order valence-corrected chi connectivity index (χ0v) is 11.0. The fourth-order valence-corrected chi connectivity index (χ4v) is 1.89. The monoisotopic (exact) mass is 303 g/mol. The highest BCUT2D eigenvalue weighted by Gasteiger charge is 2.13. The number of rotatable bonds is 4. The van der Waals surface area contributed by atoms with Crippen molar-refractivity contribution in [3.8, 4) is 0 Å². The molecule has 1 saturated heterocycles. The highest BCUT2D eigenvalue weighted by molar-refractivity contribution is 9.10. The van der Waals surface area contributed by atoms with Crippen LogP contribution in [0.15, 0.2) is 22.7 Å². The molecule has 1 aliphatic heterocycles. The van der Waals surface area contributed by atoms with Crippen molar-refractivity contribution in [1.29, 1.82) is 0 Å². The maximum Gasteiger partial charge on any atom is 0.169 e. The van der Waals surface area contributed by atoms with Crippen LogP contribution in [0.1, 0.15) is 12.0 Å². The Morgan fingerprint density at radius 3 is 2.82 bits per heavy atom. The summed E-state index contributed by atoms with van der Waals surface area (Å²) in [6.45, 7) is 2.73. The normalized spacial score (nSPS) is 17.3. The molecule has 1 heterocycles. The second-order valence-corrected chi connectivity index (χ2v) is 4.76. The molecule has 0 radical (unpaired) electrons. The van der Waals surface area contributed by atoms with Gasteiger partial charge in [-0.2, -0.15) is 0 Å². The lowest BCUT2D eigenvalue weighted by Gasteiger charge is -2.23. The molecule has 0 aliphatic carbocycles. The van der Waals surface area contributed by atoms with Crippen molar-refractivity contribution in [2.75, 3.05) is 19.8 Å². The van der Waals surface area contributed by atoms with E-state index in [-0.39, 0.29) is 12.1 Å². The summed E-state index contributed by atoms with van der Waals surface area (Å²) in [6, 6.07) is 5.10. The van der Waals surface area contributed by atoms with Crippen molar-refractivity contribution in [1.82, 2.24) is 5.32 Å². The molecule has 0 saturated carbocycles. The molecule has 0 spiro atoms. The standard InChI is InChI=1S/C12H15BrFNO2/c13-10-3-2-9(6-11(10)14)7-15-8-12-16-4-1-5-17-12/h2-3,6,12,15H,1,4-5,7-8H2. The van der Waals surface area contributed by atoms with E-state index in [9.17, 15) is 4.39 Å². The number of benzene rings is 1. The summed E-state index contributed by atoms with van der Waals surface area (Å²) in [6.07, 6.45) is 0.776. The van der Waals surface area contributed by atoms with Gasteiger partial charge in [0, 0.05) is 13.1 Å². The zero-order chi connectivity index (χ0) is 12.1. The first-order chi connectivity index (χ1) is 8.25. The van der Waals surface area contributed by atoms with Gasteiger partial charge in [0.1, 0.15) is 5.82 Å². The number of hydrogen-bond donors (Lipinski definition) is 1. The van der Waals surface area contributed by atoms with Gasteiger partial charge >= 0.3 is 0 Å². The summed E-state index contributed by atoms with van der Waals surface area (Å²) < 4.78 is 24.5. The first-order valence-corrected chi connectivity index (χ1v) is 6.43. The van der Waals surface area contributed by atoms with Gasteiger partial charge in [0.25, 0.3) is 0 Å². The Morgan fingerprint density at radius 1 is 1.35 bits per heavy atom. The van der Waals surface area contributed by atoms with Gasteiger partial charge in [-0.3, -0.25) is 0 Å². The quantitative estimate of drug-likeness (QED) is 0.927. The minimum atomic E-state index is -0.241. The van der Waals surface area contributed by atoms with Crippen molar-refractivity contribution < 1.29 is 13.9 Å². The summed E-state index contributed by atoms with van der Waals surface area (Å²) in [7, 11) is 0. The Labute approximate surface area is 108 Å². The van der Waals surface area contributed by atoms with Crippen molar-refractivity contribution in [2.45, 2.75) is 19.3 Å². The van der Waals surface area contributed by atoms with E-state index in [1.54, 1.807) is 6.07 Å². The third-order valence-electron chi connectivity index (χ3n) is 2.52. The molecular weight excluding hydrogens is 289 g/mol. The Hall–Kier alpha value is -0.490. The Balaban J connectivity index is 1.75. The van der Waals surface area contributed by atoms with Crippen LogP contribution in [0.25, 0.3) is 0 Å². The van der Waals surface area contributed by atoms with Gasteiger partial charge in [-0.1, -0.05) is 6.07 Å². The van der Waals surface area contributed by atoms with Gasteiger partial charge in [-0.05, 0) is 40.0 Å². The SMILES string of the molecule is Fc1cc(CNCC2OCCCO2)ccc1Br. The first kappa shape index (κ1) is 13.0. The molecule has 0 unspecified atom stereocenters. The predicted octanol–water partition coefficient (Wildman–Crippen LogP) is 2.44. The summed E-state index contributed by atoms with van der Waals surface area (Å²) in [4.78, 5) is 0. The summed E-state index contributed by atoms with van der Waals surface area (Å²) >= 11 is 3.12. The molecule has 3 nitrogen and oxygen atoms in total. The van der Waals surface area contributed by atoms with Crippen LogP contribution < -0.4 is 5.32 Å². The predicted molar refractivity (Wildman–Crippen MR) is 66.1 cm³/mol. The van der Waals surface area contributed by atoms with E-state index in [1.807, 2.05) is 6.07 Å². The molecule has 17 heavy (non-hydrogen) atoms. The van der Waals surface area contributed by atoms with E-state index < -0.39 is 0 Å². The third-order valence-corrected chi connectivity index (χ3v) is 3.16. The van der Waals surface area contributed by atoms with Crippen molar-refractivity contribution in [3.05, 3.63) is 34.1 Å². The molecule has 5 heteroatoms. The molecule has 0 atom stereocenters. The molecule has 1 aromatic carbocycles. The summed E-state index contributed by atoms with van der Waals surface area (Å²) in [5, 5.41) is 3.19. The largest absolute Gasteiger partial charge is 0.351 e. The van der Waals surface area contributed by atoms with Gasteiger partial charge in [-0.25, -0.2) is 4.39 Å². The minimum Gasteiger partial charge on any atom is -0.351 e. The summed E-state index contributed by atoms with van der Waals surface area (Å²) in [5.74, 6) is -0.241. The molecule has 94 valence electrons. The molecule has 1 aromatic rings. The minimum absolute atomic E-state index is 0.177. The third kappa shape index (κ3) is 4.03. The highest BCUT2D eigenvalue weighted by Crippen LogP contribution is 2.16. The Bertz CT molecular complexity index is 370. The molecular formula is C12H15BrFNO2.